The first-order valence-corrected chi connectivity index (χ1v) is 11.3. The zero-order valence-corrected chi connectivity index (χ0v) is 18.6. The summed E-state index contributed by atoms with van der Waals surface area (Å²) in [5, 5.41) is 10.8. The summed E-state index contributed by atoms with van der Waals surface area (Å²) in [6.45, 7) is 1.67. The Labute approximate surface area is 195 Å². The van der Waals surface area contributed by atoms with Crippen LogP contribution in [-0.4, -0.2) is 53.0 Å². The van der Waals surface area contributed by atoms with Gasteiger partial charge in [-0.15, -0.1) is 11.8 Å². The maximum Gasteiger partial charge on any atom is 0.416 e. The van der Waals surface area contributed by atoms with Crippen molar-refractivity contribution in [3.63, 3.8) is 0 Å². The van der Waals surface area contributed by atoms with E-state index in [0.29, 0.717) is 26.3 Å². The van der Waals surface area contributed by atoms with Gasteiger partial charge in [0.15, 0.2) is 0 Å². The Morgan fingerprint density at radius 3 is 2.61 bits per heavy atom. The van der Waals surface area contributed by atoms with Crippen molar-refractivity contribution < 1.29 is 27.8 Å². The van der Waals surface area contributed by atoms with Crippen molar-refractivity contribution in [2.45, 2.75) is 11.1 Å². The standard InChI is InChI=1S/C22H18ClF3N2O4S/c23-13-2-4-17(29)15(10-13)19-14-9-12(22(24,25)26)1-3-16(14)27-21(31)20(19)33-11-18(30)28-5-7-32-8-6-28/h1-4,9-10,29H,5-8,11H2,(H,27,31). The van der Waals surface area contributed by atoms with Crippen molar-refractivity contribution in [1.29, 1.82) is 0 Å². The van der Waals surface area contributed by atoms with E-state index in [1.54, 1.807) is 4.90 Å². The molecule has 2 heterocycles. The summed E-state index contributed by atoms with van der Waals surface area (Å²) < 4.78 is 45.5. The number of aromatic nitrogens is 1. The van der Waals surface area contributed by atoms with Gasteiger partial charge in [-0.2, -0.15) is 13.2 Å². The lowest BCUT2D eigenvalue weighted by atomic mass is 9.98. The van der Waals surface area contributed by atoms with E-state index in [4.69, 9.17) is 16.3 Å². The molecule has 4 rings (SSSR count). The number of pyridine rings is 1. The van der Waals surface area contributed by atoms with Crippen LogP contribution in [0.4, 0.5) is 13.2 Å². The number of fused-ring (bicyclic) bond motifs is 1. The van der Waals surface area contributed by atoms with E-state index >= 15 is 0 Å². The summed E-state index contributed by atoms with van der Waals surface area (Å²) in [4.78, 5) is 29.8. The fourth-order valence-corrected chi connectivity index (χ4v) is 4.77. The van der Waals surface area contributed by atoms with Crippen LogP contribution in [0.3, 0.4) is 0 Å². The molecule has 1 aliphatic heterocycles. The number of thioether (sulfide) groups is 1. The third kappa shape index (κ3) is 4.97. The number of rotatable bonds is 4. The van der Waals surface area contributed by atoms with Crippen molar-refractivity contribution in [2.75, 3.05) is 32.1 Å². The topological polar surface area (TPSA) is 82.6 Å². The number of carbonyl (C=O) groups excluding carboxylic acids is 1. The Kier molecular flexibility index (Phi) is 6.60. The van der Waals surface area contributed by atoms with Crippen LogP contribution in [0.25, 0.3) is 22.0 Å². The third-order valence-corrected chi connectivity index (χ3v) is 6.53. The number of H-pyrrole nitrogens is 1. The monoisotopic (exact) mass is 498 g/mol. The molecule has 174 valence electrons. The minimum atomic E-state index is -4.61. The second kappa shape index (κ2) is 9.28. The predicted octanol–water partition coefficient (Wildman–Crippen LogP) is 4.52. The average molecular weight is 499 g/mol. The summed E-state index contributed by atoms with van der Waals surface area (Å²) in [5.41, 5.74) is -1.16. The summed E-state index contributed by atoms with van der Waals surface area (Å²) in [7, 11) is 0. The molecule has 0 atom stereocenters. The Bertz CT molecular complexity index is 1270. The van der Waals surface area contributed by atoms with Gasteiger partial charge in [0.05, 0.1) is 29.4 Å². The van der Waals surface area contributed by atoms with Crippen LogP contribution in [0.2, 0.25) is 5.02 Å². The summed E-state index contributed by atoms with van der Waals surface area (Å²) >= 11 is 6.99. The Morgan fingerprint density at radius 2 is 1.91 bits per heavy atom. The highest BCUT2D eigenvalue weighted by Gasteiger charge is 2.31. The van der Waals surface area contributed by atoms with Crippen molar-refractivity contribution in [3.05, 3.63) is 57.3 Å². The zero-order valence-electron chi connectivity index (χ0n) is 17.0. The molecule has 1 aliphatic rings. The van der Waals surface area contributed by atoms with Crippen molar-refractivity contribution in [2.24, 2.45) is 0 Å². The number of nitrogens with one attached hydrogen (secondary N) is 1. The Balaban J connectivity index is 1.87. The van der Waals surface area contributed by atoms with Gasteiger partial charge in [-0.25, -0.2) is 0 Å². The van der Waals surface area contributed by atoms with E-state index in [9.17, 15) is 27.9 Å². The second-order valence-corrected chi connectivity index (χ2v) is 8.78. The van der Waals surface area contributed by atoms with Gasteiger partial charge in [0, 0.05) is 40.1 Å². The lowest BCUT2D eigenvalue weighted by molar-refractivity contribution is -0.137. The van der Waals surface area contributed by atoms with Crippen LogP contribution < -0.4 is 5.56 Å². The third-order valence-electron chi connectivity index (χ3n) is 5.23. The molecule has 0 aliphatic carbocycles. The molecular formula is C22H18ClF3N2O4S. The van der Waals surface area contributed by atoms with Gasteiger partial charge < -0.3 is 19.7 Å². The SMILES string of the molecule is O=C(CSc1c(-c2cc(Cl)ccc2O)c2cc(C(F)(F)F)ccc2[nH]c1=O)N1CCOCC1. The number of phenolic OH excluding ortho intramolecular Hbond substituents is 1. The van der Waals surface area contributed by atoms with Crippen molar-refractivity contribution >= 4 is 40.2 Å². The molecular weight excluding hydrogens is 481 g/mol. The maximum atomic E-state index is 13.4. The number of carbonyl (C=O) groups is 1. The highest BCUT2D eigenvalue weighted by molar-refractivity contribution is 8.00. The highest BCUT2D eigenvalue weighted by Crippen LogP contribution is 2.42. The quantitative estimate of drug-likeness (QED) is 0.517. The number of hydrogen-bond donors (Lipinski definition) is 2. The summed E-state index contributed by atoms with van der Waals surface area (Å²) in [6, 6.07) is 7.04. The van der Waals surface area contributed by atoms with Crippen LogP contribution in [0.5, 0.6) is 5.75 Å². The predicted molar refractivity (Wildman–Crippen MR) is 120 cm³/mol. The number of morpholine rings is 1. The first kappa shape index (κ1) is 23.5. The number of amides is 1. The Morgan fingerprint density at radius 1 is 1.18 bits per heavy atom. The lowest BCUT2D eigenvalue weighted by Gasteiger charge is -2.26. The molecule has 1 saturated heterocycles. The molecule has 33 heavy (non-hydrogen) atoms. The largest absolute Gasteiger partial charge is 0.507 e. The second-order valence-electron chi connectivity index (χ2n) is 7.36. The van der Waals surface area contributed by atoms with E-state index < -0.39 is 17.3 Å². The van der Waals surface area contributed by atoms with Crippen LogP contribution in [0.1, 0.15) is 5.56 Å². The van der Waals surface area contributed by atoms with E-state index in [1.807, 2.05) is 0 Å². The highest BCUT2D eigenvalue weighted by atomic mass is 35.5. The molecule has 2 aromatic carbocycles. The zero-order chi connectivity index (χ0) is 23.8. The number of phenols is 1. The van der Waals surface area contributed by atoms with Crippen LogP contribution in [0, 0.1) is 0 Å². The van der Waals surface area contributed by atoms with Crippen LogP contribution in [-0.2, 0) is 15.7 Å². The van der Waals surface area contributed by atoms with E-state index in [1.165, 1.54) is 18.2 Å². The molecule has 0 saturated carbocycles. The number of aromatic hydroxyl groups is 1. The van der Waals surface area contributed by atoms with Crippen molar-refractivity contribution in [3.8, 4) is 16.9 Å². The normalized spacial score (nSPS) is 14.6. The lowest BCUT2D eigenvalue weighted by Crippen LogP contribution is -2.41. The summed E-state index contributed by atoms with van der Waals surface area (Å²) in [5.74, 6) is -0.597. The van der Waals surface area contributed by atoms with Crippen LogP contribution >= 0.6 is 23.4 Å². The molecule has 0 bridgehead atoms. The number of alkyl halides is 3. The Hall–Kier alpha value is -2.69. The number of benzene rings is 2. The number of hydrogen-bond acceptors (Lipinski definition) is 5. The molecule has 1 aromatic heterocycles. The van der Waals surface area contributed by atoms with E-state index in [0.717, 1.165) is 30.0 Å². The van der Waals surface area contributed by atoms with Gasteiger partial charge in [0.25, 0.3) is 5.56 Å². The first-order valence-electron chi connectivity index (χ1n) is 9.89. The minimum absolute atomic E-state index is 0.0148. The fraction of sp³-hybridized carbons (Fsp3) is 0.273. The molecule has 2 N–H and O–H groups in total. The maximum absolute atomic E-state index is 13.4. The van der Waals surface area contributed by atoms with E-state index in [2.05, 4.69) is 4.98 Å². The van der Waals surface area contributed by atoms with Crippen molar-refractivity contribution in [1.82, 2.24) is 9.88 Å². The molecule has 0 radical (unpaired) electrons. The molecule has 1 amide bonds. The first-order chi connectivity index (χ1) is 15.6. The fourth-order valence-electron chi connectivity index (χ4n) is 3.60. The van der Waals surface area contributed by atoms with Gasteiger partial charge in [0.1, 0.15) is 5.75 Å². The number of halogens is 4. The van der Waals surface area contributed by atoms with E-state index in [-0.39, 0.29) is 49.4 Å². The molecule has 1 fully saturated rings. The summed E-state index contributed by atoms with van der Waals surface area (Å²) in [6.07, 6.45) is -4.61. The molecule has 3 aromatic rings. The number of nitrogens with zero attached hydrogens (tertiary/aromatic N) is 1. The van der Waals surface area contributed by atoms with Gasteiger partial charge in [-0.3, -0.25) is 9.59 Å². The van der Waals surface area contributed by atoms with Gasteiger partial charge in [0.2, 0.25) is 5.91 Å². The molecule has 6 nitrogen and oxygen atoms in total. The molecule has 0 unspecified atom stereocenters. The van der Waals surface area contributed by atoms with Gasteiger partial charge >= 0.3 is 6.18 Å². The number of ether oxygens (including phenoxy) is 1. The molecule has 11 heteroatoms. The average Bonchev–Trinajstić information content (AvgIpc) is 2.78. The molecule has 0 spiro atoms. The van der Waals surface area contributed by atoms with Crippen LogP contribution in [0.15, 0.2) is 46.1 Å². The van der Waals surface area contributed by atoms with Gasteiger partial charge in [-0.05, 0) is 36.4 Å². The number of aromatic amines is 1. The minimum Gasteiger partial charge on any atom is -0.507 e. The smallest absolute Gasteiger partial charge is 0.416 e. The van der Waals surface area contributed by atoms with Gasteiger partial charge in [-0.1, -0.05) is 11.6 Å².